The molecule has 0 amide bonds. The first-order valence-corrected chi connectivity index (χ1v) is 9.18. The molecular formula is C22H25BrN4O2. The van der Waals surface area contributed by atoms with Crippen LogP contribution in [0.25, 0.3) is 0 Å². The van der Waals surface area contributed by atoms with Crippen molar-refractivity contribution < 1.29 is 9.53 Å². The number of nitriles is 1. The van der Waals surface area contributed by atoms with Crippen molar-refractivity contribution in [2.24, 2.45) is 0 Å². The minimum Gasteiger partial charge on any atom is -0.478 e. The lowest BCUT2D eigenvalue weighted by atomic mass is 9.85. The molecule has 0 radical (unpaired) electrons. The van der Waals surface area contributed by atoms with E-state index >= 15 is 0 Å². The van der Waals surface area contributed by atoms with Crippen LogP contribution in [-0.2, 0) is 12.0 Å². The molecule has 0 bridgehead atoms. The van der Waals surface area contributed by atoms with Crippen molar-refractivity contribution in [3.8, 4) is 11.8 Å². The zero-order chi connectivity index (χ0) is 20.5. The minimum atomic E-state index is -0.237. The fourth-order valence-electron chi connectivity index (χ4n) is 3.28. The van der Waals surface area contributed by atoms with Crippen molar-refractivity contribution in [2.75, 3.05) is 13.2 Å². The highest BCUT2D eigenvalue weighted by atomic mass is 79.9. The third kappa shape index (κ3) is 4.83. The van der Waals surface area contributed by atoms with E-state index in [2.05, 4.69) is 4.98 Å². The average Bonchev–Trinajstić information content (AvgIpc) is 2.94. The fraction of sp³-hybridized carbons (Fsp3) is 0.364. The highest BCUT2D eigenvalue weighted by molar-refractivity contribution is 8.93. The van der Waals surface area contributed by atoms with Crippen molar-refractivity contribution >= 4 is 28.6 Å². The van der Waals surface area contributed by atoms with Gasteiger partial charge in [0.1, 0.15) is 23.3 Å². The summed E-state index contributed by atoms with van der Waals surface area (Å²) in [7, 11) is 0. The number of aryl methyl sites for hydroxylation is 1. The predicted octanol–water partition coefficient (Wildman–Crippen LogP) is 4.19. The second-order valence-electron chi connectivity index (χ2n) is 8.00. The first-order chi connectivity index (χ1) is 13.2. The monoisotopic (exact) mass is 456 g/mol. The van der Waals surface area contributed by atoms with Crippen LogP contribution in [0.5, 0.6) is 5.75 Å². The van der Waals surface area contributed by atoms with Gasteiger partial charge in [0.2, 0.25) is 0 Å². The van der Waals surface area contributed by atoms with E-state index in [1.807, 2.05) is 52.0 Å². The maximum atomic E-state index is 12.9. The molecule has 29 heavy (non-hydrogen) atoms. The number of ether oxygens (including phenoxy) is 1. The molecule has 2 heterocycles. The van der Waals surface area contributed by atoms with Crippen molar-refractivity contribution in [2.45, 2.75) is 39.7 Å². The molecule has 3 rings (SSSR count). The van der Waals surface area contributed by atoms with Crippen LogP contribution < -0.4 is 4.74 Å². The third-order valence-electron chi connectivity index (χ3n) is 4.76. The van der Waals surface area contributed by atoms with E-state index in [9.17, 15) is 4.79 Å². The summed E-state index contributed by atoms with van der Waals surface area (Å²) in [6.07, 6.45) is 0. The number of rotatable bonds is 5. The molecule has 1 aliphatic rings. The Kier molecular flexibility index (Phi) is 6.81. The van der Waals surface area contributed by atoms with Crippen molar-refractivity contribution in [3.05, 3.63) is 58.4 Å². The minimum absolute atomic E-state index is 0. The number of aromatic nitrogens is 1. The average molecular weight is 457 g/mol. The lowest BCUT2D eigenvalue weighted by Gasteiger charge is -2.23. The number of nitrogens with zero attached hydrogens (tertiary/aromatic N) is 3. The molecular weight excluding hydrogens is 432 g/mol. The summed E-state index contributed by atoms with van der Waals surface area (Å²) in [5.41, 5.74) is 3.70. The zero-order valence-electron chi connectivity index (χ0n) is 17.1. The number of Topliss-reactive ketones (excluding diaryl/α,β-unsaturated/α-hetero) is 1. The van der Waals surface area contributed by atoms with E-state index < -0.39 is 0 Å². The summed E-state index contributed by atoms with van der Waals surface area (Å²) in [4.78, 5) is 19.1. The highest BCUT2D eigenvalue weighted by Gasteiger charge is 2.28. The Balaban J connectivity index is 0.00000300. The van der Waals surface area contributed by atoms with E-state index in [1.165, 1.54) is 0 Å². The number of pyridine rings is 1. The fourth-order valence-corrected chi connectivity index (χ4v) is 3.28. The number of amidine groups is 1. The number of carbonyl (C=O) groups excluding carboxylic acids is 1. The normalized spacial score (nSPS) is 12.8. The van der Waals surface area contributed by atoms with Gasteiger partial charge >= 0.3 is 0 Å². The van der Waals surface area contributed by atoms with E-state index in [0.29, 0.717) is 23.6 Å². The van der Waals surface area contributed by atoms with Gasteiger partial charge in [-0.1, -0.05) is 26.8 Å². The van der Waals surface area contributed by atoms with Gasteiger partial charge in [0.05, 0.1) is 6.54 Å². The quantitative estimate of drug-likeness (QED) is 0.680. The van der Waals surface area contributed by atoms with Gasteiger partial charge < -0.3 is 9.64 Å². The van der Waals surface area contributed by atoms with Crippen LogP contribution in [0.2, 0.25) is 0 Å². The van der Waals surface area contributed by atoms with Crippen LogP contribution in [0.4, 0.5) is 0 Å². The van der Waals surface area contributed by atoms with Crippen LogP contribution in [0.3, 0.4) is 0 Å². The maximum Gasteiger partial charge on any atom is 0.182 e. The van der Waals surface area contributed by atoms with E-state index in [-0.39, 0.29) is 47.2 Å². The van der Waals surface area contributed by atoms with Crippen LogP contribution >= 0.6 is 17.0 Å². The lowest BCUT2D eigenvalue weighted by Crippen LogP contribution is -2.30. The Morgan fingerprint density at radius 1 is 1.31 bits per heavy atom. The summed E-state index contributed by atoms with van der Waals surface area (Å²) in [6, 6.07) is 11.2. The van der Waals surface area contributed by atoms with Crippen LogP contribution in [0.1, 0.15) is 53.6 Å². The second kappa shape index (κ2) is 8.75. The Morgan fingerprint density at radius 3 is 2.69 bits per heavy atom. The van der Waals surface area contributed by atoms with Crippen molar-refractivity contribution in [1.82, 2.24) is 9.88 Å². The van der Waals surface area contributed by atoms with Gasteiger partial charge in [0, 0.05) is 28.9 Å². The Hall–Kier alpha value is -2.72. The third-order valence-corrected chi connectivity index (χ3v) is 4.76. The van der Waals surface area contributed by atoms with Crippen LogP contribution in [0.15, 0.2) is 30.3 Å². The molecule has 0 saturated heterocycles. The predicted molar refractivity (Wildman–Crippen MR) is 117 cm³/mol. The van der Waals surface area contributed by atoms with E-state index in [0.717, 1.165) is 16.8 Å². The van der Waals surface area contributed by atoms with Crippen molar-refractivity contribution in [3.63, 3.8) is 0 Å². The largest absolute Gasteiger partial charge is 0.478 e. The molecule has 152 valence electrons. The molecule has 6 nitrogen and oxygen atoms in total. The van der Waals surface area contributed by atoms with Gasteiger partial charge in [-0.25, -0.2) is 4.98 Å². The Bertz CT molecular complexity index is 989. The number of ketones is 1. The molecule has 1 N–H and O–H groups in total. The standard InChI is InChI=1S/C22H24N4O2.BrH/c1-14-5-6-16-12-26(21(24)20(16)25-14)13-18(27)15-7-8-19(28-10-9-23)17(11-15)22(2,3)4;/h5-8,11,24H,10,12-13H2,1-4H3;1H. The first-order valence-electron chi connectivity index (χ1n) is 9.18. The van der Waals surface area contributed by atoms with Gasteiger partial charge in [-0.15, -0.1) is 17.0 Å². The summed E-state index contributed by atoms with van der Waals surface area (Å²) in [5, 5.41) is 17.1. The molecule has 0 unspecified atom stereocenters. The molecule has 1 aromatic heterocycles. The van der Waals surface area contributed by atoms with E-state index in [1.54, 1.807) is 17.0 Å². The van der Waals surface area contributed by atoms with Gasteiger partial charge in [-0.2, -0.15) is 5.26 Å². The number of carbonyl (C=O) groups is 1. The summed E-state index contributed by atoms with van der Waals surface area (Å²) in [6.45, 7) is 8.61. The SMILES string of the molecule is Br.Cc1ccc2c(n1)C(=N)N(CC(=O)c1ccc(OCC#N)c(C(C)(C)C)c1)C2. The smallest absolute Gasteiger partial charge is 0.182 e. The summed E-state index contributed by atoms with van der Waals surface area (Å²) >= 11 is 0. The molecule has 1 aliphatic heterocycles. The molecule has 0 atom stereocenters. The van der Waals surface area contributed by atoms with Gasteiger partial charge in [-0.3, -0.25) is 10.2 Å². The van der Waals surface area contributed by atoms with E-state index in [4.69, 9.17) is 15.4 Å². The maximum absolute atomic E-state index is 12.9. The summed E-state index contributed by atoms with van der Waals surface area (Å²) < 4.78 is 5.53. The highest BCUT2D eigenvalue weighted by Crippen LogP contribution is 2.32. The van der Waals surface area contributed by atoms with Crippen LogP contribution in [-0.4, -0.2) is 34.7 Å². The Morgan fingerprint density at radius 2 is 2.03 bits per heavy atom. The van der Waals surface area contributed by atoms with Crippen LogP contribution in [0, 0.1) is 23.7 Å². The number of benzene rings is 1. The molecule has 0 aliphatic carbocycles. The Labute approximate surface area is 181 Å². The molecule has 0 fully saturated rings. The molecule has 7 heteroatoms. The second-order valence-corrected chi connectivity index (χ2v) is 8.00. The molecule has 0 spiro atoms. The topological polar surface area (TPSA) is 90.1 Å². The summed E-state index contributed by atoms with van der Waals surface area (Å²) in [5.74, 6) is 0.843. The van der Waals surface area contributed by atoms with Crippen molar-refractivity contribution in [1.29, 1.82) is 10.7 Å². The van der Waals surface area contributed by atoms with Gasteiger partial charge in [0.25, 0.3) is 0 Å². The number of hydrogen-bond donors (Lipinski definition) is 1. The van der Waals surface area contributed by atoms with Gasteiger partial charge in [0.15, 0.2) is 12.4 Å². The molecule has 2 aromatic rings. The molecule has 0 saturated carbocycles. The lowest BCUT2D eigenvalue weighted by molar-refractivity contribution is 0.0962. The zero-order valence-corrected chi connectivity index (χ0v) is 18.8. The number of fused-ring (bicyclic) bond motifs is 1. The number of hydrogen-bond acceptors (Lipinski definition) is 5. The first kappa shape index (κ1) is 22.6. The number of halogens is 1. The van der Waals surface area contributed by atoms with Gasteiger partial charge in [-0.05, 0) is 36.6 Å². The number of nitrogens with one attached hydrogen (secondary N) is 1. The molecule has 1 aromatic carbocycles.